The summed E-state index contributed by atoms with van der Waals surface area (Å²) in [6.07, 6.45) is 4.12. The van der Waals surface area contributed by atoms with E-state index in [9.17, 15) is 18.7 Å². The number of rotatable bonds is 36. The number of unbranched alkanes of at least 4 members (excludes halogenated alkanes) is 3. The highest BCUT2D eigenvalue weighted by Crippen LogP contribution is 2.50. The van der Waals surface area contributed by atoms with Gasteiger partial charge in [-0.25, -0.2) is 9.13 Å². The Hall–Kier alpha value is -1.35. The lowest BCUT2D eigenvalue weighted by Gasteiger charge is -2.24. The Morgan fingerprint density at radius 3 is 1.86 bits per heavy atom. The van der Waals surface area contributed by atoms with Gasteiger partial charge in [-0.3, -0.25) is 36.7 Å². The number of hydrogen-bond donors (Lipinski definition) is 1. The molecule has 322 valence electrons. The summed E-state index contributed by atoms with van der Waals surface area (Å²) < 4.78 is 91.1. The second kappa shape index (κ2) is 31.6. The Labute approximate surface area is 335 Å². The largest absolute Gasteiger partial charge is 0.500 e. The number of phosphoric acid groups is 2. The van der Waals surface area contributed by atoms with Crippen molar-refractivity contribution in [2.45, 2.75) is 102 Å². The van der Waals surface area contributed by atoms with Crippen LogP contribution in [0, 0.1) is 22.7 Å². The average molecular weight is 876 g/mol. The summed E-state index contributed by atoms with van der Waals surface area (Å²) in [6, 6.07) is 4.24. The van der Waals surface area contributed by atoms with E-state index < -0.39 is 30.4 Å². The molecule has 0 aromatic carbocycles. The van der Waals surface area contributed by atoms with Gasteiger partial charge in [0.2, 0.25) is 5.91 Å². The maximum Gasteiger partial charge on any atom is 0.500 e. The molecule has 24 heteroatoms. The maximum atomic E-state index is 13.1. The number of carbonyl (C=O) groups is 2. The zero-order chi connectivity index (χ0) is 41.5. The Bertz CT molecular complexity index is 1270. The smallest absolute Gasteiger partial charge is 0.460 e. The summed E-state index contributed by atoms with van der Waals surface area (Å²) in [5, 5.41) is 20.5. The van der Waals surface area contributed by atoms with Crippen molar-refractivity contribution in [1.29, 1.82) is 10.5 Å². The lowest BCUT2D eigenvalue weighted by Crippen LogP contribution is -2.42. The zero-order valence-corrected chi connectivity index (χ0v) is 37.1. The van der Waals surface area contributed by atoms with Crippen molar-refractivity contribution in [3.63, 3.8) is 0 Å². The van der Waals surface area contributed by atoms with Gasteiger partial charge in [0.1, 0.15) is 6.10 Å². The molecule has 1 aliphatic heterocycles. The van der Waals surface area contributed by atoms with E-state index in [-0.39, 0.29) is 103 Å². The molecule has 56 heavy (non-hydrogen) atoms. The number of amides is 1. The van der Waals surface area contributed by atoms with E-state index in [1.165, 1.54) is 21.3 Å². The Morgan fingerprint density at radius 1 is 0.786 bits per heavy atom. The Balaban J connectivity index is 2.31. The average Bonchev–Trinajstić information content (AvgIpc) is 3.60. The quantitative estimate of drug-likeness (QED) is 0.0394. The summed E-state index contributed by atoms with van der Waals surface area (Å²) in [7, 11) is -3.77. The van der Waals surface area contributed by atoms with Crippen LogP contribution < -0.4 is 5.32 Å². The number of nitrogens with one attached hydrogen (secondary N) is 1. The molecule has 0 aromatic rings. The number of nitrogens with zero attached hydrogens (tertiary/aromatic N) is 2. The van der Waals surface area contributed by atoms with E-state index in [2.05, 4.69) is 14.4 Å². The molecule has 0 radical (unpaired) electrons. The molecule has 1 rings (SSSR count). The van der Waals surface area contributed by atoms with E-state index in [1.807, 2.05) is 19.1 Å². The highest BCUT2D eigenvalue weighted by molar-refractivity contribution is 7.56. The highest BCUT2D eigenvalue weighted by Gasteiger charge is 2.38. The van der Waals surface area contributed by atoms with Crippen LogP contribution in [0.5, 0.6) is 0 Å². The first-order valence-corrected chi connectivity index (χ1v) is 24.5. The molecule has 1 heterocycles. The Morgan fingerprint density at radius 2 is 1.32 bits per heavy atom. The molecule has 0 saturated carbocycles. The molecule has 1 amide bonds. The van der Waals surface area contributed by atoms with Crippen molar-refractivity contribution >= 4 is 52.4 Å². The molecule has 1 fully saturated rings. The fourth-order valence-electron chi connectivity index (χ4n) is 5.12. The van der Waals surface area contributed by atoms with Gasteiger partial charge in [-0.2, -0.15) is 19.6 Å². The summed E-state index contributed by atoms with van der Waals surface area (Å²) in [5.74, 6) is -0.633. The van der Waals surface area contributed by atoms with Crippen LogP contribution in [0.2, 0.25) is 6.04 Å². The fraction of sp³-hybridized carbons (Fsp3) is 0.875. The van der Waals surface area contributed by atoms with Gasteiger partial charge in [-0.05, 0) is 25.7 Å². The topological polar surface area (TPSA) is 239 Å². The SMILES string of the molecule is CC[C@H]1O[C@@H](BP)CC1OC(=O)CCC(=O)NCCCCCCOP(=O)(OCCC#N)OCCOCCOP(=O)(OCCC#N)OCCC[Si](OC)(OC)OC. The molecule has 6 atom stereocenters. The number of hydrogen-bond acceptors (Lipinski definition) is 18. The number of esters is 1. The lowest BCUT2D eigenvalue weighted by atomic mass is 9.94. The fourth-order valence-corrected chi connectivity index (χ4v) is 9.49. The van der Waals surface area contributed by atoms with Gasteiger partial charge in [-0.1, -0.05) is 19.8 Å². The minimum absolute atomic E-state index is 0.00403. The summed E-state index contributed by atoms with van der Waals surface area (Å²) in [6.45, 7) is 2.51. The summed E-state index contributed by atoms with van der Waals surface area (Å²) in [4.78, 5) is 24.5. The van der Waals surface area contributed by atoms with Gasteiger partial charge < -0.3 is 32.8 Å². The molecular weight excluding hydrogens is 814 g/mol. The Kier molecular flexibility index (Phi) is 29.7. The van der Waals surface area contributed by atoms with E-state index in [0.29, 0.717) is 44.7 Å². The summed E-state index contributed by atoms with van der Waals surface area (Å²) >= 11 is 0. The van der Waals surface area contributed by atoms with Crippen LogP contribution in [-0.2, 0) is 73.4 Å². The van der Waals surface area contributed by atoms with Crippen LogP contribution >= 0.6 is 24.8 Å². The predicted octanol–water partition coefficient (Wildman–Crippen LogP) is 4.53. The van der Waals surface area contributed by atoms with Crippen molar-refractivity contribution < 1.29 is 73.4 Å². The molecule has 4 unspecified atom stereocenters. The van der Waals surface area contributed by atoms with E-state index >= 15 is 0 Å². The van der Waals surface area contributed by atoms with Crippen molar-refractivity contribution in [2.75, 3.05) is 80.7 Å². The van der Waals surface area contributed by atoms with Crippen molar-refractivity contribution in [3.8, 4) is 12.1 Å². The second-order valence-electron chi connectivity index (χ2n) is 12.2. The first-order valence-electron chi connectivity index (χ1n) is 18.8. The third-order valence-corrected chi connectivity index (χ3v) is 14.5. The number of carbonyl (C=O) groups excluding carboxylic acids is 2. The van der Waals surface area contributed by atoms with Gasteiger partial charge in [0.25, 0.3) is 0 Å². The van der Waals surface area contributed by atoms with Crippen molar-refractivity contribution in [3.05, 3.63) is 0 Å². The molecule has 0 spiro atoms. The molecule has 1 saturated heterocycles. The van der Waals surface area contributed by atoms with Gasteiger partial charge >= 0.3 is 30.4 Å². The molecule has 0 aliphatic carbocycles. The van der Waals surface area contributed by atoms with Crippen molar-refractivity contribution in [2.24, 2.45) is 0 Å². The normalized spacial score (nSPS) is 19.0. The van der Waals surface area contributed by atoms with Crippen LogP contribution in [0.15, 0.2) is 0 Å². The molecule has 19 nitrogen and oxygen atoms in total. The van der Waals surface area contributed by atoms with Crippen LogP contribution in [0.3, 0.4) is 0 Å². The molecule has 1 aliphatic rings. The first kappa shape index (κ1) is 52.7. The van der Waals surface area contributed by atoms with E-state index in [1.54, 1.807) is 0 Å². The molecule has 1 N–H and O–H groups in total. The zero-order valence-electron chi connectivity index (χ0n) is 33.2. The summed E-state index contributed by atoms with van der Waals surface area (Å²) in [5.41, 5.74) is 0. The number of ether oxygens (including phenoxy) is 3. The first-order chi connectivity index (χ1) is 27.0. The minimum Gasteiger partial charge on any atom is -0.460 e. The molecule has 0 bridgehead atoms. The maximum absolute atomic E-state index is 13.1. The molecule has 0 aromatic heterocycles. The van der Waals surface area contributed by atoms with E-state index in [0.717, 1.165) is 19.8 Å². The number of nitriles is 2. The van der Waals surface area contributed by atoms with Crippen molar-refractivity contribution in [1.82, 2.24) is 5.32 Å². The highest BCUT2D eigenvalue weighted by atomic mass is 31.2. The van der Waals surface area contributed by atoms with Gasteiger partial charge in [0.05, 0.1) is 90.4 Å². The van der Waals surface area contributed by atoms with Gasteiger partial charge in [-0.15, -0.1) is 0 Å². The minimum atomic E-state index is -4.02. The third kappa shape index (κ3) is 23.3. The van der Waals surface area contributed by atoms with Crippen LogP contribution in [-0.4, -0.2) is 127 Å². The number of phosphoric ester groups is 2. The van der Waals surface area contributed by atoms with Gasteiger partial charge in [0, 0.05) is 52.8 Å². The molecular formula is C32H61BN3O16P3Si. The van der Waals surface area contributed by atoms with Crippen LogP contribution in [0.25, 0.3) is 0 Å². The predicted molar refractivity (Wildman–Crippen MR) is 209 cm³/mol. The van der Waals surface area contributed by atoms with Crippen LogP contribution in [0.4, 0.5) is 0 Å². The standard InChI is InChI=1S/C32H61BN3O16P3Si/c1-5-28-29(27-30(33-53)51-28)52-32(38)14-13-31(37)36-17-8-6-7-9-18-45-54(39,46-19-10-15-34)49-24-22-44-23-25-50-55(40,47-20-11-16-35)48-21-12-26-56(41-2,42-3)43-4/h28-30,33H,5-14,17-27,53H2,1-4H3,(H,36,37)/t28-,29?,30-,54?,55?/m1/s1. The third-order valence-electron chi connectivity index (χ3n) is 8.11. The monoisotopic (exact) mass is 875 g/mol. The van der Waals surface area contributed by atoms with Crippen LogP contribution in [0.1, 0.15) is 77.6 Å². The van der Waals surface area contributed by atoms with Gasteiger partial charge in [0.15, 0.2) is 7.00 Å². The van der Waals surface area contributed by atoms with E-state index in [4.69, 9.17) is 65.2 Å². The lowest BCUT2D eigenvalue weighted by molar-refractivity contribution is -0.152. The second-order valence-corrected chi connectivity index (χ2v) is 19.1.